The summed E-state index contributed by atoms with van der Waals surface area (Å²) in [4.78, 5) is 24.7. The van der Waals surface area contributed by atoms with Gasteiger partial charge in [0, 0.05) is 41.3 Å². The molecule has 0 spiro atoms. The van der Waals surface area contributed by atoms with E-state index < -0.39 is 0 Å². The molecule has 0 unspecified atom stereocenters. The lowest BCUT2D eigenvalue weighted by Gasteiger charge is -2.31. The molecule has 6 rings (SSSR count). The maximum atomic E-state index is 13.1. The summed E-state index contributed by atoms with van der Waals surface area (Å²) in [5.41, 5.74) is 6.42. The fourth-order valence-electron chi connectivity index (χ4n) is 6.22. The zero-order chi connectivity index (χ0) is 26.8. The van der Waals surface area contributed by atoms with E-state index in [2.05, 4.69) is 43.5 Å². The van der Waals surface area contributed by atoms with Crippen LogP contribution in [0.15, 0.2) is 53.1 Å². The molecule has 7 heteroatoms. The number of carbonyl (C=O) groups excluding carboxylic acids is 1. The van der Waals surface area contributed by atoms with Crippen LogP contribution in [0.2, 0.25) is 0 Å². The molecule has 0 bridgehead atoms. The third-order valence-corrected chi connectivity index (χ3v) is 8.53. The average molecular weight is 524 g/mol. The molecule has 0 saturated heterocycles. The lowest BCUT2D eigenvalue weighted by Crippen LogP contribution is -2.38. The van der Waals surface area contributed by atoms with Gasteiger partial charge in [-0.3, -0.25) is 9.78 Å². The summed E-state index contributed by atoms with van der Waals surface area (Å²) >= 11 is 0. The van der Waals surface area contributed by atoms with Crippen molar-refractivity contribution in [1.29, 1.82) is 0 Å². The van der Waals surface area contributed by atoms with Crippen molar-refractivity contribution in [2.24, 2.45) is 5.92 Å². The van der Waals surface area contributed by atoms with E-state index in [9.17, 15) is 4.79 Å². The zero-order valence-corrected chi connectivity index (χ0v) is 22.9. The van der Waals surface area contributed by atoms with E-state index in [4.69, 9.17) is 4.52 Å². The van der Waals surface area contributed by atoms with Gasteiger partial charge in [-0.25, -0.2) is 0 Å². The molecule has 1 saturated carbocycles. The van der Waals surface area contributed by atoms with E-state index in [1.807, 2.05) is 44.2 Å². The molecule has 1 amide bonds. The van der Waals surface area contributed by atoms with Gasteiger partial charge in [-0.1, -0.05) is 23.4 Å². The van der Waals surface area contributed by atoms with Crippen LogP contribution in [0, 0.1) is 19.8 Å². The van der Waals surface area contributed by atoms with Crippen molar-refractivity contribution >= 4 is 16.8 Å². The van der Waals surface area contributed by atoms with Crippen LogP contribution in [0.3, 0.4) is 0 Å². The Morgan fingerprint density at radius 1 is 0.974 bits per heavy atom. The summed E-state index contributed by atoms with van der Waals surface area (Å²) < 4.78 is 5.37. The summed E-state index contributed by atoms with van der Waals surface area (Å²) in [6.45, 7) is 7.17. The zero-order valence-electron chi connectivity index (χ0n) is 22.9. The molecule has 1 N–H and O–H groups in total. The predicted molar refractivity (Wildman–Crippen MR) is 153 cm³/mol. The second-order valence-corrected chi connectivity index (χ2v) is 11.3. The first kappa shape index (κ1) is 25.7. The Labute approximate surface area is 230 Å². The number of nitrogens with zero attached hydrogens (tertiary/aromatic N) is 4. The monoisotopic (exact) mass is 523 g/mol. The van der Waals surface area contributed by atoms with Gasteiger partial charge < -0.3 is 14.7 Å². The third-order valence-electron chi connectivity index (χ3n) is 8.53. The van der Waals surface area contributed by atoms with Gasteiger partial charge in [0.25, 0.3) is 11.8 Å². The first-order chi connectivity index (χ1) is 19.0. The van der Waals surface area contributed by atoms with Gasteiger partial charge in [0.15, 0.2) is 5.82 Å². The van der Waals surface area contributed by atoms with Crippen molar-refractivity contribution in [3.05, 3.63) is 76.7 Å². The highest BCUT2D eigenvalue weighted by atomic mass is 16.5. The van der Waals surface area contributed by atoms with Crippen molar-refractivity contribution < 1.29 is 9.32 Å². The number of aromatic nitrogens is 3. The molecule has 39 heavy (non-hydrogen) atoms. The van der Waals surface area contributed by atoms with Crippen molar-refractivity contribution in [3.8, 4) is 11.5 Å². The average Bonchev–Trinajstić information content (AvgIpc) is 3.28. The van der Waals surface area contributed by atoms with E-state index in [1.54, 1.807) is 0 Å². The SMILES string of the molecule is Cc1ccc2c(C(=O)NC3CCC(CCN4CCc5ccc(-c6nc(C)no6)cc5CC4)CC3)cccc2n1. The van der Waals surface area contributed by atoms with Crippen molar-refractivity contribution in [2.75, 3.05) is 19.6 Å². The fraction of sp³-hybridized carbons (Fsp3) is 0.438. The normalized spacial score (nSPS) is 19.9. The Bertz CT molecular complexity index is 1470. The van der Waals surface area contributed by atoms with Crippen molar-refractivity contribution in [1.82, 2.24) is 25.3 Å². The maximum absolute atomic E-state index is 13.1. The van der Waals surface area contributed by atoms with Gasteiger partial charge >= 0.3 is 0 Å². The Balaban J connectivity index is 0.974. The highest BCUT2D eigenvalue weighted by Crippen LogP contribution is 2.29. The Kier molecular flexibility index (Phi) is 7.42. The first-order valence-corrected chi connectivity index (χ1v) is 14.3. The van der Waals surface area contributed by atoms with E-state index in [0.717, 1.165) is 79.0 Å². The summed E-state index contributed by atoms with van der Waals surface area (Å²) in [6, 6.07) is 16.6. The molecule has 2 aromatic carbocycles. The molecule has 7 nitrogen and oxygen atoms in total. The van der Waals surface area contributed by atoms with E-state index in [0.29, 0.717) is 11.7 Å². The summed E-state index contributed by atoms with van der Waals surface area (Å²) in [5, 5.41) is 8.17. The summed E-state index contributed by atoms with van der Waals surface area (Å²) in [5.74, 6) is 2.03. The number of carbonyl (C=O) groups is 1. The highest BCUT2D eigenvalue weighted by molar-refractivity contribution is 6.06. The van der Waals surface area contributed by atoms with Crippen LogP contribution < -0.4 is 5.32 Å². The number of hydrogen-bond acceptors (Lipinski definition) is 6. The van der Waals surface area contributed by atoms with Gasteiger partial charge in [0.05, 0.1) is 5.52 Å². The molecular formula is C32H37N5O2. The second kappa shape index (κ2) is 11.3. The number of pyridine rings is 1. The lowest BCUT2D eigenvalue weighted by atomic mass is 9.84. The van der Waals surface area contributed by atoms with Crippen LogP contribution >= 0.6 is 0 Å². The van der Waals surface area contributed by atoms with Crippen LogP contribution in [-0.2, 0) is 12.8 Å². The number of benzene rings is 2. The van der Waals surface area contributed by atoms with Gasteiger partial charge in [-0.05, 0) is 113 Å². The Morgan fingerprint density at radius 2 is 1.79 bits per heavy atom. The number of nitrogens with one attached hydrogen (secondary N) is 1. The van der Waals surface area contributed by atoms with Gasteiger partial charge in [-0.15, -0.1) is 0 Å². The fourth-order valence-corrected chi connectivity index (χ4v) is 6.22. The first-order valence-electron chi connectivity index (χ1n) is 14.3. The third kappa shape index (κ3) is 5.88. The minimum atomic E-state index is 0.0243. The summed E-state index contributed by atoms with van der Waals surface area (Å²) in [7, 11) is 0. The van der Waals surface area contributed by atoms with Gasteiger partial charge in [0.1, 0.15) is 0 Å². The quantitative estimate of drug-likeness (QED) is 0.350. The van der Waals surface area contributed by atoms with Crippen molar-refractivity contribution in [2.45, 2.75) is 64.8 Å². The number of amides is 1. The molecule has 1 aliphatic heterocycles. The molecule has 2 aromatic heterocycles. The van der Waals surface area contributed by atoms with Crippen molar-refractivity contribution in [3.63, 3.8) is 0 Å². The molecule has 1 fully saturated rings. The smallest absolute Gasteiger partial charge is 0.257 e. The Morgan fingerprint density at radius 3 is 2.59 bits per heavy atom. The van der Waals surface area contributed by atoms with E-state index >= 15 is 0 Å². The van der Waals surface area contributed by atoms with Crippen LogP contribution in [0.5, 0.6) is 0 Å². The number of rotatable bonds is 6. The number of fused-ring (bicyclic) bond motifs is 2. The minimum absolute atomic E-state index is 0.0243. The van der Waals surface area contributed by atoms with Crippen LogP contribution in [-0.4, -0.2) is 51.6 Å². The predicted octanol–water partition coefficient (Wildman–Crippen LogP) is 5.68. The number of hydrogen-bond donors (Lipinski definition) is 1. The van der Waals surface area contributed by atoms with E-state index in [1.165, 1.54) is 30.4 Å². The molecular weight excluding hydrogens is 486 g/mol. The minimum Gasteiger partial charge on any atom is -0.349 e. The number of aryl methyl sites for hydroxylation is 2. The van der Waals surface area contributed by atoms with Gasteiger partial charge in [0.2, 0.25) is 0 Å². The van der Waals surface area contributed by atoms with E-state index in [-0.39, 0.29) is 11.9 Å². The maximum Gasteiger partial charge on any atom is 0.257 e. The molecule has 0 atom stereocenters. The lowest BCUT2D eigenvalue weighted by molar-refractivity contribution is 0.0921. The van der Waals surface area contributed by atoms with Crippen LogP contribution in [0.4, 0.5) is 0 Å². The molecule has 2 aliphatic rings. The largest absolute Gasteiger partial charge is 0.349 e. The second-order valence-electron chi connectivity index (χ2n) is 11.3. The molecule has 3 heterocycles. The molecule has 1 aliphatic carbocycles. The standard InChI is InChI=1S/C32H37N5O2/c1-21-6-13-28-29(4-3-5-30(28)33-21)31(38)35-27-11-7-23(8-12-27)14-17-37-18-15-24-9-10-26(20-25(24)16-19-37)32-34-22(2)36-39-32/h3-6,9-10,13,20,23,27H,7-8,11-12,14-19H2,1-2H3,(H,35,38). The van der Waals surface area contributed by atoms with Gasteiger partial charge in [-0.2, -0.15) is 4.98 Å². The summed E-state index contributed by atoms with van der Waals surface area (Å²) in [6.07, 6.45) is 7.85. The topological polar surface area (TPSA) is 84.2 Å². The highest BCUT2D eigenvalue weighted by Gasteiger charge is 2.24. The molecule has 4 aromatic rings. The molecule has 0 radical (unpaired) electrons. The van der Waals surface area contributed by atoms with Crippen LogP contribution in [0.1, 0.15) is 65.1 Å². The molecule has 202 valence electrons. The Hall–Kier alpha value is -3.58. The van der Waals surface area contributed by atoms with Crippen LogP contribution in [0.25, 0.3) is 22.4 Å².